The van der Waals surface area contributed by atoms with Crippen molar-refractivity contribution in [2.45, 2.75) is 13.3 Å². The summed E-state index contributed by atoms with van der Waals surface area (Å²) in [4.78, 5) is 11.0. The van der Waals surface area contributed by atoms with Gasteiger partial charge in [0.1, 0.15) is 11.5 Å². The third-order valence-corrected chi connectivity index (χ3v) is 3.48. The van der Waals surface area contributed by atoms with Gasteiger partial charge >= 0.3 is 0 Å². The molecule has 0 bridgehead atoms. The number of nitrogens with zero attached hydrogens (tertiary/aromatic N) is 1. The number of H-pyrrole nitrogens is 1. The highest BCUT2D eigenvalue weighted by Crippen LogP contribution is 2.29. The minimum Gasteiger partial charge on any atom is -0.296 e. The van der Waals surface area contributed by atoms with Gasteiger partial charge in [-0.25, -0.2) is 4.39 Å². The van der Waals surface area contributed by atoms with Crippen molar-refractivity contribution in [2.75, 3.05) is 0 Å². The Morgan fingerprint density at radius 3 is 2.90 bits per heavy atom. The van der Waals surface area contributed by atoms with Gasteiger partial charge in [0.2, 0.25) is 0 Å². The Bertz CT molecular complexity index is 792. The first-order chi connectivity index (χ1) is 9.74. The zero-order valence-corrected chi connectivity index (χ0v) is 11.0. The fourth-order valence-corrected chi connectivity index (χ4v) is 2.48. The molecule has 3 aromatic rings. The molecule has 0 spiro atoms. The van der Waals surface area contributed by atoms with E-state index >= 15 is 0 Å². The number of rotatable bonds is 3. The molecular weight excluding hydrogens is 255 g/mol. The number of carbonyl (C=O) groups is 1. The zero-order valence-electron chi connectivity index (χ0n) is 11.0. The van der Waals surface area contributed by atoms with Crippen molar-refractivity contribution in [3.05, 3.63) is 53.5 Å². The molecule has 2 aromatic carbocycles. The third-order valence-electron chi connectivity index (χ3n) is 3.48. The van der Waals surface area contributed by atoms with E-state index in [-0.39, 0.29) is 5.82 Å². The Morgan fingerprint density at radius 1 is 1.30 bits per heavy atom. The second-order valence-corrected chi connectivity index (χ2v) is 4.61. The van der Waals surface area contributed by atoms with Crippen molar-refractivity contribution in [3.8, 4) is 11.1 Å². The van der Waals surface area contributed by atoms with E-state index < -0.39 is 0 Å². The van der Waals surface area contributed by atoms with Crippen LogP contribution in [0.1, 0.15) is 23.0 Å². The van der Waals surface area contributed by atoms with Crippen LogP contribution in [0.4, 0.5) is 4.39 Å². The van der Waals surface area contributed by atoms with Crippen LogP contribution in [0.15, 0.2) is 36.4 Å². The number of fused-ring (bicyclic) bond motifs is 1. The van der Waals surface area contributed by atoms with E-state index in [2.05, 4.69) is 10.2 Å². The van der Waals surface area contributed by atoms with Crippen LogP contribution >= 0.6 is 0 Å². The highest BCUT2D eigenvalue weighted by molar-refractivity contribution is 5.97. The molecule has 0 aliphatic rings. The van der Waals surface area contributed by atoms with E-state index in [0.29, 0.717) is 17.7 Å². The van der Waals surface area contributed by atoms with Gasteiger partial charge < -0.3 is 0 Å². The Morgan fingerprint density at radius 2 is 2.15 bits per heavy atom. The molecule has 0 amide bonds. The van der Waals surface area contributed by atoms with Gasteiger partial charge in [-0.3, -0.25) is 9.89 Å². The number of nitrogens with one attached hydrogen (secondary N) is 1. The molecule has 20 heavy (non-hydrogen) atoms. The molecule has 0 atom stereocenters. The predicted molar refractivity (Wildman–Crippen MR) is 76.3 cm³/mol. The summed E-state index contributed by atoms with van der Waals surface area (Å²) in [5.41, 5.74) is 3.59. The fraction of sp³-hybridized carbons (Fsp3) is 0.125. The molecule has 0 saturated carbocycles. The van der Waals surface area contributed by atoms with Crippen LogP contribution in [0.3, 0.4) is 0 Å². The molecular formula is C16H13FN2O. The van der Waals surface area contributed by atoms with Gasteiger partial charge in [0.25, 0.3) is 0 Å². The molecule has 1 aromatic heterocycles. The second kappa shape index (κ2) is 4.89. The number of aldehydes is 1. The summed E-state index contributed by atoms with van der Waals surface area (Å²) in [6.45, 7) is 1.93. The Hall–Kier alpha value is -2.49. The lowest BCUT2D eigenvalue weighted by molar-refractivity contribution is 0.112. The summed E-state index contributed by atoms with van der Waals surface area (Å²) in [7, 11) is 0. The molecule has 100 valence electrons. The molecule has 0 aliphatic carbocycles. The van der Waals surface area contributed by atoms with Crippen molar-refractivity contribution < 1.29 is 9.18 Å². The molecule has 0 aliphatic heterocycles. The first-order valence-electron chi connectivity index (χ1n) is 6.45. The number of aromatic amines is 1. The largest absolute Gasteiger partial charge is 0.296 e. The minimum atomic E-state index is -0.201. The maximum Gasteiger partial charge on any atom is 0.168 e. The van der Waals surface area contributed by atoms with E-state index in [1.54, 1.807) is 6.07 Å². The summed E-state index contributed by atoms with van der Waals surface area (Å²) in [5.74, 6) is -0.201. The molecule has 3 rings (SSSR count). The maximum absolute atomic E-state index is 13.9. The smallest absolute Gasteiger partial charge is 0.168 e. The van der Waals surface area contributed by atoms with E-state index in [9.17, 15) is 9.18 Å². The van der Waals surface area contributed by atoms with Crippen molar-refractivity contribution in [3.63, 3.8) is 0 Å². The fourth-order valence-electron chi connectivity index (χ4n) is 2.48. The van der Waals surface area contributed by atoms with Gasteiger partial charge in [-0.05, 0) is 41.3 Å². The molecule has 4 heteroatoms. The quantitative estimate of drug-likeness (QED) is 0.735. The normalized spacial score (nSPS) is 10.9. The Balaban J connectivity index is 2.24. The van der Waals surface area contributed by atoms with Gasteiger partial charge in [0.05, 0.1) is 5.52 Å². The molecule has 0 fully saturated rings. The maximum atomic E-state index is 13.9. The van der Waals surface area contributed by atoms with Crippen molar-refractivity contribution >= 4 is 17.2 Å². The summed E-state index contributed by atoms with van der Waals surface area (Å²) >= 11 is 0. The average Bonchev–Trinajstić information content (AvgIpc) is 2.89. The molecule has 0 saturated heterocycles. The zero-order chi connectivity index (χ0) is 14.1. The van der Waals surface area contributed by atoms with Crippen LogP contribution in [0.5, 0.6) is 0 Å². The van der Waals surface area contributed by atoms with Crippen molar-refractivity contribution in [1.29, 1.82) is 0 Å². The summed E-state index contributed by atoms with van der Waals surface area (Å²) in [6.07, 6.45) is 1.36. The lowest BCUT2D eigenvalue weighted by Crippen LogP contribution is -1.92. The monoisotopic (exact) mass is 268 g/mol. The van der Waals surface area contributed by atoms with Crippen LogP contribution in [-0.2, 0) is 6.42 Å². The summed E-state index contributed by atoms with van der Waals surface area (Å²) < 4.78 is 13.9. The summed E-state index contributed by atoms with van der Waals surface area (Å²) in [6, 6.07) is 10.7. The van der Waals surface area contributed by atoms with Gasteiger partial charge in [0, 0.05) is 5.39 Å². The SMILES string of the molecule is CCc1c(F)cccc1-c1ccc2n[nH]c(C=O)c2c1. The number of benzene rings is 2. The second-order valence-electron chi connectivity index (χ2n) is 4.61. The van der Waals surface area contributed by atoms with Crippen molar-refractivity contribution in [1.82, 2.24) is 10.2 Å². The summed E-state index contributed by atoms with van der Waals surface area (Å²) in [5, 5.41) is 7.50. The Labute approximate surface area is 115 Å². The average molecular weight is 268 g/mol. The van der Waals surface area contributed by atoms with Crippen LogP contribution in [0, 0.1) is 5.82 Å². The number of aromatic nitrogens is 2. The van der Waals surface area contributed by atoms with Crippen LogP contribution in [-0.4, -0.2) is 16.5 Å². The van der Waals surface area contributed by atoms with Gasteiger partial charge in [0.15, 0.2) is 6.29 Å². The number of hydrogen-bond acceptors (Lipinski definition) is 2. The lowest BCUT2D eigenvalue weighted by atomic mass is 9.96. The van der Waals surface area contributed by atoms with Gasteiger partial charge in [-0.2, -0.15) is 5.10 Å². The first-order valence-corrected chi connectivity index (χ1v) is 6.45. The van der Waals surface area contributed by atoms with E-state index in [1.807, 2.05) is 31.2 Å². The molecule has 1 N–H and O–H groups in total. The van der Waals surface area contributed by atoms with E-state index in [1.165, 1.54) is 6.07 Å². The lowest BCUT2D eigenvalue weighted by Gasteiger charge is -2.09. The molecule has 1 heterocycles. The standard InChI is InChI=1S/C16H13FN2O/c1-2-11-12(4-3-5-14(11)17)10-6-7-15-13(8-10)16(9-20)19-18-15/h3-9H,2H2,1H3,(H,18,19). The Kier molecular flexibility index (Phi) is 3.06. The first kappa shape index (κ1) is 12.5. The van der Waals surface area contributed by atoms with Crippen LogP contribution < -0.4 is 0 Å². The topological polar surface area (TPSA) is 45.8 Å². The number of carbonyl (C=O) groups excluding carboxylic acids is 1. The van der Waals surface area contributed by atoms with E-state index in [0.717, 1.165) is 28.3 Å². The van der Waals surface area contributed by atoms with Crippen LogP contribution in [0.2, 0.25) is 0 Å². The predicted octanol–water partition coefficient (Wildman–Crippen LogP) is 3.74. The number of hydrogen-bond donors (Lipinski definition) is 1. The molecule has 3 nitrogen and oxygen atoms in total. The van der Waals surface area contributed by atoms with Crippen molar-refractivity contribution in [2.24, 2.45) is 0 Å². The minimum absolute atomic E-state index is 0.201. The number of halogens is 1. The molecule has 0 radical (unpaired) electrons. The van der Waals surface area contributed by atoms with E-state index in [4.69, 9.17) is 0 Å². The van der Waals surface area contributed by atoms with Crippen LogP contribution in [0.25, 0.3) is 22.0 Å². The van der Waals surface area contributed by atoms with Gasteiger partial charge in [-0.1, -0.05) is 25.1 Å². The highest BCUT2D eigenvalue weighted by atomic mass is 19.1. The molecule has 0 unspecified atom stereocenters. The third kappa shape index (κ3) is 1.90. The van der Waals surface area contributed by atoms with Gasteiger partial charge in [-0.15, -0.1) is 0 Å². The highest BCUT2D eigenvalue weighted by Gasteiger charge is 2.11.